The van der Waals surface area contributed by atoms with Crippen molar-refractivity contribution in [2.75, 3.05) is 10.1 Å². The molecule has 0 aliphatic heterocycles. The number of alkyl halides is 2. The highest BCUT2D eigenvalue weighted by atomic mass is 35.5. The molecule has 0 spiro atoms. The van der Waals surface area contributed by atoms with Crippen molar-refractivity contribution < 1.29 is 21.6 Å². The lowest BCUT2D eigenvalue weighted by Crippen LogP contribution is -2.32. The fourth-order valence-electron chi connectivity index (χ4n) is 2.20. The predicted molar refractivity (Wildman–Crippen MR) is 99.8 cm³/mol. The summed E-state index contributed by atoms with van der Waals surface area (Å²) in [5.74, 6) is -1.37. The standard InChI is InChI=1S/C15H11ClF2N6O3S2/c16-9-4-10(6-20-5-9)24(29(25,26)3-1-2-19)8-12-21-7-11(28-12)14-22-23-15(27-14)13(17)18/h4-7,13H,1,3,8H2. The van der Waals surface area contributed by atoms with Crippen LogP contribution in [0.5, 0.6) is 0 Å². The van der Waals surface area contributed by atoms with Gasteiger partial charge < -0.3 is 4.42 Å². The van der Waals surface area contributed by atoms with E-state index in [0.29, 0.717) is 9.88 Å². The number of pyridine rings is 1. The minimum atomic E-state index is -3.89. The summed E-state index contributed by atoms with van der Waals surface area (Å²) in [7, 11) is -3.89. The van der Waals surface area contributed by atoms with E-state index in [1.165, 1.54) is 24.7 Å². The smallest absolute Gasteiger partial charge is 0.314 e. The van der Waals surface area contributed by atoms with Crippen LogP contribution in [0.4, 0.5) is 14.5 Å². The maximum absolute atomic E-state index is 12.7. The van der Waals surface area contributed by atoms with Gasteiger partial charge in [-0.15, -0.1) is 21.5 Å². The Labute approximate surface area is 172 Å². The van der Waals surface area contributed by atoms with Gasteiger partial charge in [-0.25, -0.2) is 13.4 Å². The summed E-state index contributed by atoms with van der Waals surface area (Å²) in [4.78, 5) is 8.30. The highest BCUT2D eigenvalue weighted by molar-refractivity contribution is 7.92. The fourth-order valence-corrected chi connectivity index (χ4v) is 4.59. The van der Waals surface area contributed by atoms with E-state index in [1.807, 2.05) is 0 Å². The van der Waals surface area contributed by atoms with Crippen LogP contribution < -0.4 is 4.31 Å². The zero-order valence-corrected chi connectivity index (χ0v) is 16.8. The Kier molecular flexibility index (Phi) is 6.36. The predicted octanol–water partition coefficient (Wildman–Crippen LogP) is 3.43. The Morgan fingerprint density at radius 1 is 1.31 bits per heavy atom. The SMILES string of the molecule is N#CCCS(=O)(=O)N(Cc1ncc(-c2nnc(C(F)F)o2)s1)c1cncc(Cl)c1. The summed E-state index contributed by atoms with van der Waals surface area (Å²) in [6.45, 7) is -0.184. The lowest BCUT2D eigenvalue weighted by molar-refractivity contribution is 0.116. The number of aromatic nitrogens is 4. The largest absolute Gasteiger partial charge is 0.414 e. The minimum absolute atomic E-state index is 0.146. The molecule has 3 heterocycles. The zero-order chi connectivity index (χ0) is 21.0. The van der Waals surface area contributed by atoms with Crippen LogP contribution in [-0.2, 0) is 16.6 Å². The highest BCUT2D eigenvalue weighted by Crippen LogP contribution is 2.30. The highest BCUT2D eigenvalue weighted by Gasteiger charge is 2.25. The van der Waals surface area contributed by atoms with Gasteiger partial charge in [0.1, 0.15) is 9.88 Å². The summed E-state index contributed by atoms with van der Waals surface area (Å²) in [5.41, 5.74) is 0.199. The van der Waals surface area contributed by atoms with Crippen molar-refractivity contribution in [1.82, 2.24) is 20.2 Å². The molecule has 3 aromatic heterocycles. The van der Waals surface area contributed by atoms with Gasteiger partial charge >= 0.3 is 6.43 Å². The monoisotopic (exact) mass is 460 g/mol. The van der Waals surface area contributed by atoms with Crippen LogP contribution in [0.25, 0.3) is 10.8 Å². The van der Waals surface area contributed by atoms with Gasteiger partial charge in [0.05, 0.1) is 47.9 Å². The molecule has 0 amide bonds. The third kappa shape index (κ3) is 5.03. The maximum atomic E-state index is 12.7. The lowest BCUT2D eigenvalue weighted by atomic mass is 10.4. The molecule has 0 saturated carbocycles. The first-order chi connectivity index (χ1) is 13.8. The van der Waals surface area contributed by atoms with Gasteiger partial charge in [-0.05, 0) is 6.07 Å². The number of rotatable bonds is 8. The molecule has 0 atom stereocenters. The van der Waals surface area contributed by atoms with Crippen molar-refractivity contribution >= 4 is 38.6 Å². The van der Waals surface area contributed by atoms with E-state index in [9.17, 15) is 17.2 Å². The van der Waals surface area contributed by atoms with E-state index < -0.39 is 28.1 Å². The second kappa shape index (κ2) is 8.76. The van der Waals surface area contributed by atoms with Crippen LogP contribution in [0.2, 0.25) is 5.02 Å². The first-order valence-corrected chi connectivity index (χ1v) is 10.6. The zero-order valence-electron chi connectivity index (χ0n) is 14.4. The van der Waals surface area contributed by atoms with E-state index in [0.717, 1.165) is 15.6 Å². The molecule has 152 valence electrons. The molecule has 0 N–H and O–H groups in total. The average Bonchev–Trinajstić information content (AvgIpc) is 3.33. The summed E-state index contributed by atoms with van der Waals surface area (Å²) in [5, 5.41) is 16.1. The van der Waals surface area contributed by atoms with Crippen LogP contribution >= 0.6 is 22.9 Å². The van der Waals surface area contributed by atoms with Gasteiger partial charge in [-0.3, -0.25) is 9.29 Å². The molecule has 29 heavy (non-hydrogen) atoms. The van der Waals surface area contributed by atoms with Gasteiger partial charge in [0.2, 0.25) is 10.0 Å². The van der Waals surface area contributed by atoms with Crippen LogP contribution in [0.1, 0.15) is 23.7 Å². The Bertz CT molecular complexity index is 1140. The molecule has 0 aliphatic rings. The molecule has 0 aromatic carbocycles. The molecule has 0 fully saturated rings. The molecule has 3 rings (SSSR count). The molecular weight excluding hydrogens is 450 g/mol. The number of nitrogens with zero attached hydrogens (tertiary/aromatic N) is 6. The van der Waals surface area contributed by atoms with E-state index >= 15 is 0 Å². The van der Waals surface area contributed by atoms with Gasteiger partial charge in [-0.1, -0.05) is 11.6 Å². The first kappa shape index (κ1) is 21.0. The van der Waals surface area contributed by atoms with Gasteiger partial charge in [0, 0.05) is 6.20 Å². The van der Waals surface area contributed by atoms with Crippen molar-refractivity contribution in [3.8, 4) is 16.8 Å². The molecule has 0 bridgehead atoms. The molecule has 0 radical (unpaired) electrons. The van der Waals surface area contributed by atoms with Gasteiger partial charge in [0.15, 0.2) is 0 Å². The van der Waals surface area contributed by atoms with Crippen LogP contribution in [0.15, 0.2) is 29.1 Å². The summed E-state index contributed by atoms with van der Waals surface area (Å²) in [6.07, 6.45) is 0.882. The first-order valence-electron chi connectivity index (χ1n) is 7.84. The summed E-state index contributed by atoms with van der Waals surface area (Å²) in [6, 6.07) is 3.21. The Morgan fingerprint density at radius 2 is 2.10 bits per heavy atom. The normalized spacial score (nSPS) is 11.6. The van der Waals surface area contributed by atoms with E-state index in [2.05, 4.69) is 20.2 Å². The van der Waals surface area contributed by atoms with Gasteiger partial charge in [-0.2, -0.15) is 14.0 Å². The molecule has 0 aliphatic carbocycles. The fraction of sp³-hybridized carbons (Fsp3) is 0.267. The van der Waals surface area contributed by atoms with E-state index in [-0.39, 0.29) is 29.6 Å². The van der Waals surface area contributed by atoms with Gasteiger partial charge in [0.25, 0.3) is 11.8 Å². The Hall–Kier alpha value is -2.69. The molecule has 0 unspecified atom stereocenters. The minimum Gasteiger partial charge on any atom is -0.414 e. The molecule has 3 aromatic rings. The van der Waals surface area contributed by atoms with Crippen LogP contribution in [0, 0.1) is 11.3 Å². The number of nitriles is 1. The number of hydrogen-bond acceptors (Lipinski definition) is 9. The Morgan fingerprint density at radius 3 is 2.76 bits per heavy atom. The number of sulfonamides is 1. The summed E-state index contributed by atoms with van der Waals surface area (Å²) < 4.78 is 56.6. The van der Waals surface area contributed by atoms with Crippen molar-refractivity contribution in [3.05, 3.63) is 40.6 Å². The lowest BCUT2D eigenvalue weighted by Gasteiger charge is -2.22. The number of thiazole rings is 1. The van der Waals surface area contributed by atoms with Crippen molar-refractivity contribution in [3.63, 3.8) is 0 Å². The second-order valence-electron chi connectivity index (χ2n) is 5.46. The second-order valence-corrected chi connectivity index (χ2v) is 9.02. The van der Waals surface area contributed by atoms with Crippen LogP contribution in [0.3, 0.4) is 0 Å². The molecular formula is C15H11ClF2N6O3S2. The van der Waals surface area contributed by atoms with Crippen molar-refractivity contribution in [1.29, 1.82) is 5.26 Å². The number of anilines is 1. The van der Waals surface area contributed by atoms with E-state index in [4.69, 9.17) is 21.3 Å². The summed E-state index contributed by atoms with van der Waals surface area (Å²) >= 11 is 6.92. The average molecular weight is 461 g/mol. The third-order valence-corrected chi connectivity index (χ3v) is 6.36. The molecule has 14 heteroatoms. The third-order valence-electron chi connectivity index (χ3n) is 3.46. The van der Waals surface area contributed by atoms with Crippen molar-refractivity contribution in [2.45, 2.75) is 19.4 Å². The van der Waals surface area contributed by atoms with Crippen LogP contribution in [-0.4, -0.2) is 34.3 Å². The Balaban J connectivity index is 1.90. The quantitative estimate of drug-likeness (QED) is 0.500. The molecule has 0 saturated heterocycles. The van der Waals surface area contributed by atoms with Crippen molar-refractivity contribution in [2.24, 2.45) is 0 Å². The number of hydrogen-bond donors (Lipinski definition) is 0. The molecule has 9 nitrogen and oxygen atoms in total. The maximum Gasteiger partial charge on any atom is 0.314 e. The number of halogens is 3. The topological polar surface area (TPSA) is 126 Å². The van der Waals surface area contributed by atoms with E-state index in [1.54, 1.807) is 6.07 Å².